The van der Waals surface area contributed by atoms with Crippen LogP contribution in [-0.4, -0.2) is 20.8 Å². The third-order valence-electron chi connectivity index (χ3n) is 3.32. The maximum Gasteiger partial charge on any atom is 0.123 e. The molecule has 1 aliphatic rings. The molecule has 0 amide bonds. The summed E-state index contributed by atoms with van der Waals surface area (Å²) in [6, 6.07) is 6.44. The van der Waals surface area contributed by atoms with E-state index in [1.54, 1.807) is 7.11 Å². The highest BCUT2D eigenvalue weighted by molar-refractivity contribution is 5.42. The van der Waals surface area contributed by atoms with E-state index in [0.717, 1.165) is 25.2 Å². The Hall–Kier alpha value is -1.48. The van der Waals surface area contributed by atoms with Crippen LogP contribution in [0.1, 0.15) is 30.0 Å². The highest BCUT2D eigenvalue weighted by Crippen LogP contribution is 2.33. The molecule has 1 heterocycles. The molecule has 0 aromatic heterocycles. The molecule has 0 spiro atoms. The summed E-state index contributed by atoms with van der Waals surface area (Å²) in [5, 5.41) is 3.36. The molecule has 1 aromatic carbocycles. The van der Waals surface area contributed by atoms with Gasteiger partial charge in [-0.25, -0.2) is 0 Å². The van der Waals surface area contributed by atoms with E-state index in [2.05, 4.69) is 24.4 Å². The van der Waals surface area contributed by atoms with E-state index in [9.17, 15) is 0 Å². The van der Waals surface area contributed by atoms with Gasteiger partial charge in [0.15, 0.2) is 0 Å². The van der Waals surface area contributed by atoms with Gasteiger partial charge in [-0.15, -0.1) is 0 Å². The number of hydrogen-bond acceptors (Lipinski definition) is 3. The van der Waals surface area contributed by atoms with E-state index >= 15 is 0 Å². The number of ether oxygens (including phenoxy) is 2. The largest absolute Gasteiger partial charge is 0.501 e. The molecule has 98 valence electrons. The molecule has 2 rings (SSSR count). The number of aryl methyl sites for hydroxylation is 1. The summed E-state index contributed by atoms with van der Waals surface area (Å²) in [4.78, 5) is 0. The molecule has 18 heavy (non-hydrogen) atoms. The fourth-order valence-electron chi connectivity index (χ4n) is 2.42. The maximum atomic E-state index is 5.47. The van der Waals surface area contributed by atoms with Crippen molar-refractivity contribution >= 4 is 0 Å². The highest BCUT2D eigenvalue weighted by Gasteiger charge is 2.20. The lowest BCUT2D eigenvalue weighted by molar-refractivity contribution is 0.219. The highest BCUT2D eigenvalue weighted by atomic mass is 16.5. The zero-order valence-corrected chi connectivity index (χ0v) is 11.3. The van der Waals surface area contributed by atoms with Crippen LogP contribution in [0, 0.1) is 6.92 Å². The number of nitrogens with one attached hydrogen (secondary N) is 1. The van der Waals surface area contributed by atoms with Crippen molar-refractivity contribution in [2.24, 2.45) is 0 Å². The van der Waals surface area contributed by atoms with Crippen molar-refractivity contribution < 1.29 is 9.47 Å². The second-order valence-corrected chi connectivity index (χ2v) is 4.63. The number of hydrogen-bond donors (Lipinski definition) is 1. The lowest BCUT2D eigenvalue weighted by Crippen LogP contribution is -2.21. The van der Waals surface area contributed by atoms with Crippen LogP contribution >= 0.6 is 0 Å². The quantitative estimate of drug-likeness (QED) is 0.887. The van der Waals surface area contributed by atoms with Crippen molar-refractivity contribution in [2.75, 3.05) is 20.8 Å². The number of rotatable bonds is 4. The Kier molecular flexibility index (Phi) is 4.26. The van der Waals surface area contributed by atoms with Crippen LogP contribution in [0.25, 0.3) is 0 Å². The predicted octanol–water partition coefficient (Wildman–Crippen LogP) is 2.96. The van der Waals surface area contributed by atoms with Crippen molar-refractivity contribution in [3.8, 4) is 5.75 Å². The van der Waals surface area contributed by atoms with Gasteiger partial charge >= 0.3 is 0 Å². The zero-order valence-electron chi connectivity index (χ0n) is 11.3. The predicted molar refractivity (Wildman–Crippen MR) is 72.8 cm³/mol. The number of benzene rings is 1. The summed E-state index contributed by atoms with van der Waals surface area (Å²) in [6.45, 7) is 2.92. The molecular weight excluding hydrogens is 226 g/mol. The Labute approximate surface area is 109 Å². The SMILES string of the molecule is CNC(C1=COCCC1)c1cc(C)ccc1OC. The molecular formula is C15H21NO2. The maximum absolute atomic E-state index is 5.47. The minimum Gasteiger partial charge on any atom is -0.501 e. The van der Waals surface area contributed by atoms with Gasteiger partial charge < -0.3 is 14.8 Å². The summed E-state index contributed by atoms with van der Waals surface area (Å²) in [5.74, 6) is 0.923. The molecule has 3 heteroatoms. The van der Waals surface area contributed by atoms with Gasteiger partial charge in [0, 0.05) is 5.56 Å². The van der Waals surface area contributed by atoms with Crippen molar-refractivity contribution in [1.82, 2.24) is 5.32 Å². The number of methoxy groups -OCH3 is 1. The lowest BCUT2D eigenvalue weighted by Gasteiger charge is -2.25. The molecule has 0 fully saturated rings. The first-order valence-corrected chi connectivity index (χ1v) is 6.38. The van der Waals surface area contributed by atoms with Crippen LogP contribution in [0.4, 0.5) is 0 Å². The van der Waals surface area contributed by atoms with Crippen molar-refractivity contribution in [1.29, 1.82) is 0 Å². The Morgan fingerprint density at radius 3 is 2.83 bits per heavy atom. The Morgan fingerprint density at radius 1 is 1.39 bits per heavy atom. The summed E-state index contributed by atoms with van der Waals surface area (Å²) in [6.07, 6.45) is 4.05. The third kappa shape index (κ3) is 2.67. The average molecular weight is 247 g/mol. The minimum atomic E-state index is 0.167. The van der Waals surface area contributed by atoms with Gasteiger partial charge in [0.25, 0.3) is 0 Å². The smallest absolute Gasteiger partial charge is 0.123 e. The minimum absolute atomic E-state index is 0.167. The van der Waals surface area contributed by atoms with Crippen LogP contribution in [-0.2, 0) is 4.74 Å². The molecule has 1 atom stereocenters. The first-order chi connectivity index (χ1) is 8.76. The van der Waals surface area contributed by atoms with E-state index in [4.69, 9.17) is 9.47 Å². The van der Waals surface area contributed by atoms with Gasteiger partial charge in [0.1, 0.15) is 5.75 Å². The first kappa shape index (κ1) is 13.0. The fourth-order valence-corrected chi connectivity index (χ4v) is 2.42. The van der Waals surface area contributed by atoms with Crippen molar-refractivity contribution in [2.45, 2.75) is 25.8 Å². The Morgan fingerprint density at radius 2 is 2.22 bits per heavy atom. The summed E-state index contributed by atoms with van der Waals surface area (Å²) in [7, 11) is 3.69. The van der Waals surface area contributed by atoms with Crippen LogP contribution < -0.4 is 10.1 Å². The Bertz CT molecular complexity index is 440. The van der Waals surface area contributed by atoms with Gasteiger partial charge in [-0.2, -0.15) is 0 Å². The Balaban J connectivity index is 2.37. The van der Waals surface area contributed by atoms with Gasteiger partial charge in [0.2, 0.25) is 0 Å². The zero-order chi connectivity index (χ0) is 13.0. The first-order valence-electron chi connectivity index (χ1n) is 6.38. The molecule has 0 bridgehead atoms. The molecule has 0 aliphatic carbocycles. The van der Waals surface area contributed by atoms with E-state index in [-0.39, 0.29) is 6.04 Å². The van der Waals surface area contributed by atoms with E-state index in [0.29, 0.717) is 0 Å². The normalized spacial score (nSPS) is 16.7. The molecule has 0 saturated heterocycles. The molecule has 0 saturated carbocycles. The molecule has 0 radical (unpaired) electrons. The standard InChI is InChI=1S/C15H21NO2/c1-11-6-7-14(17-3)13(9-11)15(16-2)12-5-4-8-18-10-12/h6-7,9-10,15-16H,4-5,8H2,1-3H3. The molecule has 1 unspecified atom stereocenters. The van der Waals surface area contributed by atoms with Gasteiger partial charge in [-0.05, 0) is 38.5 Å². The second-order valence-electron chi connectivity index (χ2n) is 4.63. The van der Waals surface area contributed by atoms with Gasteiger partial charge in [-0.1, -0.05) is 17.7 Å². The average Bonchev–Trinajstić information content (AvgIpc) is 2.41. The number of likely N-dealkylation sites (N-methyl/N-ethyl adjacent to an activating group) is 1. The van der Waals surface area contributed by atoms with Crippen molar-refractivity contribution in [3.63, 3.8) is 0 Å². The molecule has 1 aliphatic heterocycles. The van der Waals surface area contributed by atoms with Gasteiger partial charge in [0.05, 0.1) is 26.0 Å². The van der Waals surface area contributed by atoms with Crippen LogP contribution in [0.5, 0.6) is 5.75 Å². The lowest BCUT2D eigenvalue weighted by atomic mass is 9.93. The third-order valence-corrected chi connectivity index (χ3v) is 3.32. The van der Waals surface area contributed by atoms with Crippen LogP contribution in [0.3, 0.4) is 0 Å². The van der Waals surface area contributed by atoms with Crippen LogP contribution in [0.15, 0.2) is 30.0 Å². The fraction of sp³-hybridized carbons (Fsp3) is 0.467. The molecule has 3 nitrogen and oxygen atoms in total. The van der Waals surface area contributed by atoms with E-state index < -0.39 is 0 Å². The molecule has 1 N–H and O–H groups in total. The van der Waals surface area contributed by atoms with Crippen molar-refractivity contribution in [3.05, 3.63) is 41.2 Å². The summed E-state index contributed by atoms with van der Waals surface area (Å²) < 4.78 is 10.9. The van der Waals surface area contributed by atoms with Gasteiger partial charge in [-0.3, -0.25) is 0 Å². The topological polar surface area (TPSA) is 30.5 Å². The summed E-state index contributed by atoms with van der Waals surface area (Å²) in [5.41, 5.74) is 3.70. The second kappa shape index (κ2) is 5.91. The molecule has 1 aromatic rings. The van der Waals surface area contributed by atoms with E-state index in [1.807, 2.05) is 19.4 Å². The summed E-state index contributed by atoms with van der Waals surface area (Å²) >= 11 is 0. The monoisotopic (exact) mass is 247 g/mol. The van der Waals surface area contributed by atoms with E-state index in [1.165, 1.54) is 16.7 Å². The van der Waals surface area contributed by atoms with Crippen LogP contribution in [0.2, 0.25) is 0 Å².